The number of nitrogens with zero attached hydrogens (tertiary/aromatic N) is 4. The van der Waals surface area contributed by atoms with Crippen molar-refractivity contribution in [3.05, 3.63) is 60.9 Å². The zero-order valence-electron chi connectivity index (χ0n) is 14.1. The van der Waals surface area contributed by atoms with Crippen LogP contribution in [0.2, 0.25) is 0 Å². The van der Waals surface area contributed by atoms with Gasteiger partial charge in [0, 0.05) is 25.1 Å². The number of nitrogens with one attached hydrogen (secondary N) is 2. The molecule has 25 heavy (non-hydrogen) atoms. The molecule has 1 atom stereocenters. The molecule has 3 aromatic rings. The molecule has 2 amide bonds. The van der Waals surface area contributed by atoms with Crippen LogP contribution in [0.1, 0.15) is 11.8 Å². The van der Waals surface area contributed by atoms with E-state index in [1.54, 1.807) is 47.7 Å². The van der Waals surface area contributed by atoms with Gasteiger partial charge in [-0.3, -0.25) is 4.90 Å². The number of likely N-dealkylation sites (N-methyl/N-ethyl adjacent to an activating group) is 1. The molecule has 3 rings (SSSR count). The summed E-state index contributed by atoms with van der Waals surface area (Å²) in [6, 6.07) is 8.68. The molecule has 0 fully saturated rings. The van der Waals surface area contributed by atoms with Gasteiger partial charge >= 0.3 is 6.03 Å². The predicted molar refractivity (Wildman–Crippen MR) is 93.5 cm³/mol. The second-order valence-corrected chi connectivity index (χ2v) is 5.66. The molecule has 0 spiro atoms. The van der Waals surface area contributed by atoms with Gasteiger partial charge in [-0.25, -0.2) is 14.5 Å². The van der Waals surface area contributed by atoms with Crippen molar-refractivity contribution in [2.75, 3.05) is 26.0 Å². The van der Waals surface area contributed by atoms with Crippen LogP contribution in [0.15, 0.2) is 59.6 Å². The Labute approximate surface area is 145 Å². The van der Waals surface area contributed by atoms with Crippen LogP contribution >= 0.6 is 0 Å². The number of rotatable bonds is 6. The fourth-order valence-corrected chi connectivity index (χ4v) is 2.45. The van der Waals surface area contributed by atoms with Gasteiger partial charge in [-0.1, -0.05) is 0 Å². The second kappa shape index (κ2) is 7.63. The maximum atomic E-state index is 12.3. The first-order chi connectivity index (χ1) is 12.1. The first-order valence-corrected chi connectivity index (χ1v) is 7.85. The standard InChI is InChI=1S/C17H20N6O2/c1-22(2)14(15-7-4-11-25-15)12-19-17(24)21-13-6-3-8-18-16(13)23-10-5-9-20-23/h3-11,14H,12H2,1-2H3,(H2,19,21,24)/t14-/m0/s1. The van der Waals surface area contributed by atoms with Crippen LogP contribution in [0.4, 0.5) is 10.5 Å². The highest BCUT2D eigenvalue weighted by atomic mass is 16.3. The lowest BCUT2D eigenvalue weighted by Gasteiger charge is -2.22. The average Bonchev–Trinajstić information content (AvgIpc) is 3.29. The van der Waals surface area contributed by atoms with Gasteiger partial charge in [0.1, 0.15) is 5.76 Å². The molecule has 0 aliphatic carbocycles. The summed E-state index contributed by atoms with van der Waals surface area (Å²) >= 11 is 0. The number of hydrogen-bond donors (Lipinski definition) is 2. The van der Waals surface area contributed by atoms with E-state index < -0.39 is 0 Å². The third-order valence-corrected chi connectivity index (χ3v) is 3.71. The van der Waals surface area contributed by atoms with Gasteiger partial charge in [0.05, 0.1) is 18.0 Å². The van der Waals surface area contributed by atoms with Gasteiger partial charge in [0.2, 0.25) is 0 Å². The SMILES string of the molecule is CN(C)[C@@H](CNC(=O)Nc1cccnc1-n1cccn1)c1ccco1. The van der Waals surface area contributed by atoms with Gasteiger partial charge in [-0.15, -0.1) is 0 Å². The van der Waals surface area contributed by atoms with E-state index in [0.717, 1.165) is 5.76 Å². The molecule has 130 valence electrons. The summed E-state index contributed by atoms with van der Waals surface area (Å²) in [5.74, 6) is 1.35. The zero-order valence-corrected chi connectivity index (χ0v) is 14.1. The Balaban J connectivity index is 1.65. The van der Waals surface area contributed by atoms with Crippen LogP contribution in [0.25, 0.3) is 5.82 Å². The minimum atomic E-state index is -0.320. The Morgan fingerprint density at radius 2 is 2.16 bits per heavy atom. The van der Waals surface area contributed by atoms with Crippen molar-refractivity contribution in [3.8, 4) is 5.82 Å². The van der Waals surface area contributed by atoms with E-state index >= 15 is 0 Å². The Bertz CT molecular complexity index is 798. The smallest absolute Gasteiger partial charge is 0.319 e. The van der Waals surface area contributed by atoms with Gasteiger partial charge in [0.25, 0.3) is 0 Å². The first kappa shape index (κ1) is 16.7. The minimum absolute atomic E-state index is 0.0553. The monoisotopic (exact) mass is 340 g/mol. The van der Waals surface area contributed by atoms with E-state index in [0.29, 0.717) is 18.1 Å². The number of aromatic nitrogens is 3. The van der Waals surface area contributed by atoms with Gasteiger partial charge < -0.3 is 15.1 Å². The third-order valence-electron chi connectivity index (χ3n) is 3.71. The van der Waals surface area contributed by atoms with E-state index in [9.17, 15) is 4.79 Å². The van der Waals surface area contributed by atoms with Crippen LogP contribution in [-0.4, -0.2) is 46.3 Å². The maximum absolute atomic E-state index is 12.3. The van der Waals surface area contributed by atoms with E-state index in [2.05, 4.69) is 20.7 Å². The van der Waals surface area contributed by atoms with Crippen LogP contribution in [0.5, 0.6) is 0 Å². The third kappa shape index (κ3) is 4.04. The Hall–Kier alpha value is -3.13. The Morgan fingerprint density at radius 3 is 2.84 bits per heavy atom. The van der Waals surface area contributed by atoms with Gasteiger partial charge in [-0.2, -0.15) is 5.10 Å². The normalized spacial score (nSPS) is 12.1. The molecule has 0 unspecified atom stereocenters. The molecule has 0 saturated heterocycles. The minimum Gasteiger partial charge on any atom is -0.468 e. The molecule has 0 aliphatic heterocycles. The Kier molecular flexibility index (Phi) is 5.10. The van der Waals surface area contributed by atoms with E-state index in [4.69, 9.17) is 4.42 Å². The lowest BCUT2D eigenvalue weighted by Crippen LogP contribution is -2.37. The lowest BCUT2D eigenvalue weighted by molar-refractivity contribution is 0.233. The maximum Gasteiger partial charge on any atom is 0.319 e. The van der Waals surface area contributed by atoms with Crippen LogP contribution in [0.3, 0.4) is 0 Å². The summed E-state index contributed by atoms with van der Waals surface area (Å²) < 4.78 is 7.04. The predicted octanol–water partition coefficient (Wildman–Crippen LogP) is 2.28. The van der Waals surface area contributed by atoms with E-state index in [1.807, 2.05) is 31.1 Å². The number of amides is 2. The number of pyridine rings is 1. The number of carbonyl (C=O) groups excluding carboxylic acids is 1. The molecular weight excluding hydrogens is 320 g/mol. The first-order valence-electron chi connectivity index (χ1n) is 7.85. The van der Waals surface area contributed by atoms with Crippen molar-refractivity contribution in [3.63, 3.8) is 0 Å². The molecule has 2 N–H and O–H groups in total. The molecule has 0 radical (unpaired) electrons. The molecule has 8 heteroatoms. The highest BCUT2D eigenvalue weighted by Crippen LogP contribution is 2.18. The summed E-state index contributed by atoms with van der Waals surface area (Å²) in [6.07, 6.45) is 6.70. The molecule has 0 bridgehead atoms. The van der Waals surface area contributed by atoms with Crippen LogP contribution in [0, 0.1) is 0 Å². The molecular formula is C17H20N6O2. The summed E-state index contributed by atoms with van der Waals surface area (Å²) in [5, 5.41) is 9.83. The van der Waals surface area contributed by atoms with Gasteiger partial charge in [0.15, 0.2) is 5.82 Å². The summed E-state index contributed by atoms with van der Waals surface area (Å²) in [4.78, 5) is 18.6. The molecule has 0 aromatic carbocycles. The van der Waals surface area contributed by atoms with E-state index in [-0.39, 0.29) is 12.1 Å². The molecule has 3 heterocycles. The second-order valence-electron chi connectivity index (χ2n) is 5.66. The average molecular weight is 340 g/mol. The summed E-state index contributed by atoms with van der Waals surface area (Å²) in [7, 11) is 3.87. The van der Waals surface area contributed by atoms with Crippen molar-refractivity contribution in [2.45, 2.75) is 6.04 Å². The summed E-state index contributed by atoms with van der Waals surface area (Å²) in [6.45, 7) is 0.406. The highest BCUT2D eigenvalue weighted by Gasteiger charge is 2.18. The number of urea groups is 1. The largest absolute Gasteiger partial charge is 0.468 e. The number of anilines is 1. The molecule has 0 saturated carbocycles. The fourth-order valence-electron chi connectivity index (χ4n) is 2.45. The van der Waals surface area contributed by atoms with Crippen molar-refractivity contribution in [1.82, 2.24) is 25.0 Å². The quantitative estimate of drug-likeness (QED) is 0.719. The lowest BCUT2D eigenvalue weighted by atomic mass is 10.2. The van der Waals surface area contributed by atoms with E-state index in [1.165, 1.54) is 0 Å². The van der Waals surface area contributed by atoms with Crippen LogP contribution < -0.4 is 10.6 Å². The van der Waals surface area contributed by atoms with Crippen LogP contribution in [-0.2, 0) is 0 Å². The zero-order chi connectivity index (χ0) is 17.6. The van der Waals surface area contributed by atoms with Crippen molar-refractivity contribution in [2.24, 2.45) is 0 Å². The Morgan fingerprint density at radius 1 is 1.28 bits per heavy atom. The van der Waals surface area contributed by atoms with Crippen molar-refractivity contribution >= 4 is 11.7 Å². The molecule has 0 aliphatic rings. The highest BCUT2D eigenvalue weighted by molar-refractivity contribution is 5.90. The topological polar surface area (TPSA) is 88.2 Å². The number of hydrogen-bond acceptors (Lipinski definition) is 5. The van der Waals surface area contributed by atoms with Crippen molar-refractivity contribution < 1.29 is 9.21 Å². The summed E-state index contributed by atoms with van der Waals surface area (Å²) in [5.41, 5.74) is 0.572. The van der Waals surface area contributed by atoms with Crippen molar-refractivity contribution in [1.29, 1.82) is 0 Å². The van der Waals surface area contributed by atoms with Gasteiger partial charge in [-0.05, 0) is 44.4 Å². The number of furan rings is 1. The fraction of sp³-hybridized carbons (Fsp3) is 0.235. The molecule has 8 nitrogen and oxygen atoms in total. The molecule has 3 aromatic heterocycles. The number of carbonyl (C=O) groups is 1.